The Morgan fingerprint density at radius 2 is 1.92 bits per heavy atom. The van der Waals surface area contributed by atoms with E-state index in [1.807, 2.05) is 0 Å². The minimum absolute atomic E-state index is 0.295. The van der Waals surface area contributed by atoms with Crippen molar-refractivity contribution in [3.63, 3.8) is 0 Å². The van der Waals surface area contributed by atoms with Crippen LogP contribution in [0.5, 0.6) is 0 Å². The highest BCUT2D eigenvalue weighted by Gasteiger charge is 2.29. The summed E-state index contributed by atoms with van der Waals surface area (Å²) in [5.74, 6) is 0.845. The summed E-state index contributed by atoms with van der Waals surface area (Å²) < 4.78 is 1.14. The molecule has 1 atom stereocenters. The topological polar surface area (TPSA) is 23.6 Å². The number of hydrogen-bond donors (Lipinski definition) is 0. The Labute approximate surface area is 158 Å². The lowest BCUT2D eigenvalue weighted by atomic mass is 10.0. The molecule has 0 aromatic heterocycles. The second-order valence-corrected chi connectivity index (χ2v) is 8.91. The van der Waals surface area contributed by atoms with E-state index < -0.39 is 0 Å². The first kappa shape index (κ1) is 18.3. The van der Waals surface area contributed by atoms with Crippen molar-refractivity contribution in [2.75, 3.05) is 31.9 Å². The molecule has 0 spiro atoms. The first-order valence-electron chi connectivity index (χ1n) is 8.96. The highest BCUT2D eigenvalue weighted by atomic mass is 79.9. The number of piperidine rings is 1. The molecule has 132 valence electrons. The fourth-order valence-electron chi connectivity index (χ4n) is 3.73. The van der Waals surface area contributed by atoms with Crippen LogP contribution in [0.15, 0.2) is 21.5 Å². The largest absolute Gasteiger partial charge is 0.340 e. The van der Waals surface area contributed by atoms with Crippen molar-refractivity contribution in [3.8, 4) is 0 Å². The number of nitrogens with zero attached hydrogens (tertiary/aromatic N) is 2. The second kappa shape index (κ2) is 8.24. The summed E-state index contributed by atoms with van der Waals surface area (Å²) in [6.45, 7) is 8.51. The lowest BCUT2D eigenvalue weighted by Gasteiger charge is -2.37. The van der Waals surface area contributed by atoms with Gasteiger partial charge in [-0.05, 0) is 75.9 Å². The quantitative estimate of drug-likeness (QED) is 0.693. The molecule has 3 rings (SSSR count). The van der Waals surface area contributed by atoms with Gasteiger partial charge in [0.05, 0.1) is 5.75 Å². The van der Waals surface area contributed by atoms with Gasteiger partial charge in [-0.3, -0.25) is 9.69 Å². The summed E-state index contributed by atoms with van der Waals surface area (Å²) in [5, 5.41) is 0. The van der Waals surface area contributed by atoms with Gasteiger partial charge in [-0.1, -0.05) is 15.9 Å². The molecule has 2 fully saturated rings. The van der Waals surface area contributed by atoms with Gasteiger partial charge in [-0.25, -0.2) is 0 Å². The van der Waals surface area contributed by atoms with Crippen LogP contribution < -0.4 is 0 Å². The first-order chi connectivity index (χ1) is 11.5. The summed E-state index contributed by atoms with van der Waals surface area (Å²) in [4.78, 5) is 18.6. The van der Waals surface area contributed by atoms with Crippen LogP contribution in [-0.4, -0.2) is 53.7 Å². The Kier molecular flexibility index (Phi) is 6.27. The third-order valence-corrected chi connectivity index (χ3v) is 7.21. The molecule has 1 aromatic rings. The summed E-state index contributed by atoms with van der Waals surface area (Å²) in [6.07, 6.45) is 5.04. The van der Waals surface area contributed by atoms with Crippen molar-refractivity contribution in [2.45, 2.75) is 50.5 Å². The number of carbonyl (C=O) groups is 1. The van der Waals surface area contributed by atoms with Crippen molar-refractivity contribution >= 4 is 33.6 Å². The zero-order chi connectivity index (χ0) is 17.1. The van der Waals surface area contributed by atoms with Crippen molar-refractivity contribution in [3.05, 3.63) is 27.7 Å². The third kappa shape index (κ3) is 4.36. The first-order valence-corrected chi connectivity index (χ1v) is 10.7. The molecular weight excluding hydrogens is 384 g/mol. The molecular formula is C19H27BrN2OS. The Morgan fingerprint density at radius 3 is 2.67 bits per heavy atom. The summed E-state index contributed by atoms with van der Waals surface area (Å²) >= 11 is 5.25. The normalized spacial score (nSPS) is 22.1. The van der Waals surface area contributed by atoms with Gasteiger partial charge >= 0.3 is 0 Å². The summed E-state index contributed by atoms with van der Waals surface area (Å²) in [5.41, 5.74) is 2.46. The van der Waals surface area contributed by atoms with Gasteiger partial charge < -0.3 is 4.90 Å². The van der Waals surface area contributed by atoms with Crippen LogP contribution in [-0.2, 0) is 4.79 Å². The van der Waals surface area contributed by atoms with Crippen LogP contribution in [0.25, 0.3) is 0 Å². The predicted octanol–water partition coefficient (Wildman–Crippen LogP) is 4.24. The van der Waals surface area contributed by atoms with Crippen molar-refractivity contribution in [2.24, 2.45) is 0 Å². The van der Waals surface area contributed by atoms with E-state index in [4.69, 9.17) is 0 Å². The van der Waals surface area contributed by atoms with Crippen molar-refractivity contribution < 1.29 is 4.79 Å². The van der Waals surface area contributed by atoms with Crippen LogP contribution >= 0.6 is 27.7 Å². The molecule has 2 aliphatic heterocycles. The monoisotopic (exact) mass is 410 g/mol. The molecule has 1 unspecified atom stereocenters. The zero-order valence-corrected chi connectivity index (χ0v) is 17.1. The molecule has 0 N–H and O–H groups in total. The Bertz CT molecular complexity index is 601. The smallest absolute Gasteiger partial charge is 0.232 e. The predicted molar refractivity (Wildman–Crippen MR) is 105 cm³/mol. The highest BCUT2D eigenvalue weighted by molar-refractivity contribution is 9.10. The number of halogens is 1. The van der Waals surface area contributed by atoms with Crippen LogP contribution in [0.4, 0.5) is 0 Å². The maximum absolute atomic E-state index is 12.7. The van der Waals surface area contributed by atoms with Crippen LogP contribution in [0.2, 0.25) is 0 Å². The number of aryl methyl sites for hydroxylation is 2. The molecule has 0 radical (unpaired) electrons. The van der Waals surface area contributed by atoms with Crippen molar-refractivity contribution in [1.82, 2.24) is 9.80 Å². The Morgan fingerprint density at radius 1 is 1.17 bits per heavy atom. The average molecular weight is 411 g/mol. The molecule has 1 aromatic carbocycles. The average Bonchev–Trinajstić information content (AvgIpc) is 3.11. The van der Waals surface area contributed by atoms with Gasteiger partial charge in [0, 0.05) is 28.5 Å². The van der Waals surface area contributed by atoms with Crippen LogP contribution in [0.3, 0.4) is 0 Å². The number of rotatable bonds is 4. The molecule has 5 heteroatoms. The lowest BCUT2D eigenvalue weighted by Crippen LogP contribution is -2.49. The van der Waals surface area contributed by atoms with Crippen LogP contribution in [0, 0.1) is 13.8 Å². The van der Waals surface area contributed by atoms with Gasteiger partial charge in [0.25, 0.3) is 0 Å². The molecule has 3 nitrogen and oxygen atoms in total. The van der Waals surface area contributed by atoms with E-state index in [1.54, 1.807) is 11.8 Å². The van der Waals surface area contributed by atoms with Gasteiger partial charge in [0.2, 0.25) is 5.91 Å². The van der Waals surface area contributed by atoms with Crippen LogP contribution in [0.1, 0.15) is 36.8 Å². The van der Waals surface area contributed by atoms with Crippen molar-refractivity contribution in [1.29, 1.82) is 0 Å². The number of benzene rings is 1. The lowest BCUT2D eigenvalue weighted by molar-refractivity contribution is -0.130. The number of amides is 1. The maximum Gasteiger partial charge on any atom is 0.232 e. The molecule has 0 bridgehead atoms. The molecule has 2 aliphatic rings. The van der Waals surface area contributed by atoms with Gasteiger partial charge in [0.1, 0.15) is 0 Å². The summed E-state index contributed by atoms with van der Waals surface area (Å²) in [6, 6.07) is 4.92. The fourth-order valence-corrected chi connectivity index (χ4v) is 5.19. The maximum atomic E-state index is 12.7. The number of likely N-dealkylation sites (tertiary alicyclic amines) is 2. The summed E-state index contributed by atoms with van der Waals surface area (Å²) in [7, 11) is 0. The molecule has 2 heterocycles. The molecule has 0 saturated carbocycles. The third-order valence-electron chi connectivity index (χ3n) is 5.21. The van der Waals surface area contributed by atoms with E-state index in [1.165, 1.54) is 48.4 Å². The Hall–Kier alpha value is -0.520. The SMILES string of the molecule is Cc1cc(SCC(=O)N2CCCC(N3CCCC3)C2)c(C)cc1Br. The van der Waals surface area contributed by atoms with E-state index >= 15 is 0 Å². The van der Waals surface area contributed by atoms with Gasteiger partial charge in [-0.15, -0.1) is 11.8 Å². The minimum atomic E-state index is 0.295. The van der Waals surface area contributed by atoms with E-state index in [2.05, 4.69) is 51.7 Å². The number of hydrogen-bond acceptors (Lipinski definition) is 3. The standard InChI is InChI=1S/C19H27BrN2OS/c1-14-11-18(15(2)10-17(14)20)24-13-19(23)22-9-5-6-16(12-22)21-7-3-4-8-21/h10-11,16H,3-9,12-13H2,1-2H3. The molecule has 2 saturated heterocycles. The van der Waals surface area contributed by atoms with E-state index in [-0.39, 0.29) is 0 Å². The Balaban J connectivity index is 1.55. The van der Waals surface area contributed by atoms with Gasteiger partial charge in [-0.2, -0.15) is 0 Å². The fraction of sp³-hybridized carbons (Fsp3) is 0.632. The number of carbonyl (C=O) groups excluding carboxylic acids is 1. The highest BCUT2D eigenvalue weighted by Crippen LogP contribution is 2.29. The zero-order valence-electron chi connectivity index (χ0n) is 14.7. The molecule has 1 amide bonds. The second-order valence-electron chi connectivity index (χ2n) is 7.03. The minimum Gasteiger partial charge on any atom is -0.340 e. The van der Waals surface area contributed by atoms with Gasteiger partial charge in [0.15, 0.2) is 0 Å². The number of thioether (sulfide) groups is 1. The van der Waals surface area contributed by atoms with E-state index in [0.29, 0.717) is 17.7 Å². The van der Waals surface area contributed by atoms with E-state index in [9.17, 15) is 4.79 Å². The molecule has 24 heavy (non-hydrogen) atoms. The molecule has 0 aliphatic carbocycles. The van der Waals surface area contributed by atoms with E-state index in [0.717, 1.165) is 24.0 Å².